The topological polar surface area (TPSA) is 84.9 Å². The molecular formula is C18H23BrF2N2O5. The third-order valence-electron chi connectivity index (χ3n) is 3.97. The number of Topliss-reactive ketones (excluding diaryl/α,β-unsaturated/α-hetero) is 1. The van der Waals surface area contributed by atoms with Crippen LogP contribution in [0, 0.1) is 11.6 Å². The number of halogens is 3. The number of ether oxygens (including phenoxy) is 2. The molecule has 1 amide bonds. The summed E-state index contributed by atoms with van der Waals surface area (Å²) in [5.74, 6) is -3.43. The molecule has 0 spiro atoms. The molecule has 28 heavy (non-hydrogen) atoms. The van der Waals surface area contributed by atoms with Gasteiger partial charge in [0.15, 0.2) is 5.78 Å². The standard InChI is InChI=1S/C16H19BrF2N2O3.C2H4O2/c1-20-16(23)9-5-12(18)14(13(19)6-9)15(22)11(17)7-10-8-21(2)3-4-24-10;1-4-2-3/h5-6,10-11H,3-4,7-8H2,1-2H3,(H,20,23);2H,1H3/t10-,11?;/m0./s1. The van der Waals surface area contributed by atoms with Gasteiger partial charge in [0.05, 0.1) is 30.2 Å². The Hall–Kier alpha value is -1.91. The van der Waals surface area contributed by atoms with E-state index in [1.165, 1.54) is 14.2 Å². The molecular weight excluding hydrogens is 442 g/mol. The van der Waals surface area contributed by atoms with E-state index in [1.54, 1.807) is 0 Å². The highest BCUT2D eigenvalue weighted by Gasteiger charge is 2.29. The van der Waals surface area contributed by atoms with Crippen LogP contribution in [-0.4, -0.2) is 74.9 Å². The summed E-state index contributed by atoms with van der Waals surface area (Å²) in [4.78, 5) is 34.1. The number of carbonyl (C=O) groups excluding carboxylic acids is 3. The number of likely N-dealkylation sites (N-methyl/N-ethyl adjacent to an activating group) is 1. The van der Waals surface area contributed by atoms with Crippen molar-refractivity contribution in [3.8, 4) is 0 Å². The number of carbonyl (C=O) groups is 3. The number of amides is 1. The highest BCUT2D eigenvalue weighted by Crippen LogP contribution is 2.23. The van der Waals surface area contributed by atoms with Crippen molar-refractivity contribution in [2.75, 3.05) is 40.9 Å². The van der Waals surface area contributed by atoms with Gasteiger partial charge >= 0.3 is 0 Å². The minimum Gasteiger partial charge on any atom is -0.471 e. The molecule has 1 N–H and O–H groups in total. The summed E-state index contributed by atoms with van der Waals surface area (Å²) in [6.07, 6.45) is 0.118. The smallest absolute Gasteiger partial charge is 0.292 e. The van der Waals surface area contributed by atoms with Gasteiger partial charge in [0.2, 0.25) is 0 Å². The molecule has 1 aliphatic rings. The van der Waals surface area contributed by atoms with Gasteiger partial charge in [-0.05, 0) is 25.6 Å². The summed E-state index contributed by atoms with van der Waals surface area (Å²) >= 11 is 3.20. The van der Waals surface area contributed by atoms with Crippen molar-refractivity contribution >= 4 is 34.1 Å². The van der Waals surface area contributed by atoms with Crippen molar-refractivity contribution in [1.29, 1.82) is 0 Å². The van der Waals surface area contributed by atoms with Crippen LogP contribution in [0.5, 0.6) is 0 Å². The number of nitrogens with one attached hydrogen (secondary N) is 1. The summed E-state index contributed by atoms with van der Waals surface area (Å²) in [6.45, 7) is 2.39. The van der Waals surface area contributed by atoms with Crippen LogP contribution in [0.25, 0.3) is 0 Å². The van der Waals surface area contributed by atoms with Crippen LogP contribution in [0.1, 0.15) is 27.1 Å². The van der Waals surface area contributed by atoms with Crippen LogP contribution in [-0.2, 0) is 14.3 Å². The maximum atomic E-state index is 14.2. The van der Waals surface area contributed by atoms with E-state index in [1.807, 2.05) is 7.05 Å². The quantitative estimate of drug-likeness (QED) is 0.392. The largest absolute Gasteiger partial charge is 0.471 e. The van der Waals surface area contributed by atoms with Gasteiger partial charge in [0, 0.05) is 25.7 Å². The van der Waals surface area contributed by atoms with Gasteiger partial charge in [-0.2, -0.15) is 0 Å². The first-order valence-electron chi connectivity index (χ1n) is 8.41. The second-order valence-corrected chi connectivity index (χ2v) is 7.15. The Balaban J connectivity index is 0.000000892. The summed E-state index contributed by atoms with van der Waals surface area (Å²) in [5.41, 5.74) is -0.818. The molecule has 1 heterocycles. The Bertz CT molecular complexity index is 682. The zero-order valence-corrected chi connectivity index (χ0v) is 17.4. The number of benzene rings is 1. The van der Waals surface area contributed by atoms with Gasteiger partial charge in [0.1, 0.15) is 11.6 Å². The van der Waals surface area contributed by atoms with E-state index in [0.717, 1.165) is 18.7 Å². The van der Waals surface area contributed by atoms with Crippen LogP contribution >= 0.6 is 15.9 Å². The number of nitrogens with zero attached hydrogens (tertiary/aromatic N) is 1. The van der Waals surface area contributed by atoms with Gasteiger partial charge in [-0.15, -0.1) is 0 Å². The molecule has 10 heteroatoms. The maximum absolute atomic E-state index is 14.2. The third kappa shape index (κ3) is 6.92. The van der Waals surface area contributed by atoms with Crippen molar-refractivity contribution in [3.05, 3.63) is 34.9 Å². The predicted molar refractivity (Wildman–Crippen MR) is 102 cm³/mol. The number of hydrogen-bond donors (Lipinski definition) is 1. The molecule has 156 valence electrons. The minimum atomic E-state index is -1.05. The molecule has 2 atom stereocenters. The average molecular weight is 465 g/mol. The van der Waals surface area contributed by atoms with Crippen molar-refractivity contribution in [2.45, 2.75) is 17.4 Å². The van der Waals surface area contributed by atoms with E-state index in [2.05, 4.69) is 30.9 Å². The molecule has 1 aromatic carbocycles. The van der Waals surface area contributed by atoms with E-state index < -0.39 is 33.7 Å². The van der Waals surface area contributed by atoms with Crippen LogP contribution in [0.2, 0.25) is 0 Å². The fourth-order valence-corrected chi connectivity index (χ4v) is 3.23. The summed E-state index contributed by atoms with van der Waals surface area (Å²) in [6, 6.07) is 1.72. The molecule has 1 aromatic rings. The lowest BCUT2D eigenvalue weighted by molar-refractivity contribution is -0.126. The molecule has 0 radical (unpaired) electrons. The molecule has 0 bridgehead atoms. The van der Waals surface area contributed by atoms with Crippen LogP contribution in [0.4, 0.5) is 8.78 Å². The predicted octanol–water partition coefficient (Wildman–Crippen LogP) is 1.78. The van der Waals surface area contributed by atoms with E-state index >= 15 is 0 Å². The number of ketones is 1. The fourth-order valence-electron chi connectivity index (χ4n) is 2.59. The Morgan fingerprint density at radius 2 is 2.00 bits per heavy atom. The van der Waals surface area contributed by atoms with E-state index in [4.69, 9.17) is 9.53 Å². The molecule has 1 aliphatic heterocycles. The number of alkyl halides is 1. The number of hydrogen-bond acceptors (Lipinski definition) is 6. The van der Waals surface area contributed by atoms with Crippen LogP contribution < -0.4 is 5.32 Å². The molecule has 1 saturated heterocycles. The Morgan fingerprint density at radius 3 is 2.46 bits per heavy atom. The highest BCUT2D eigenvalue weighted by molar-refractivity contribution is 9.10. The SMILES string of the molecule is CNC(=O)c1cc(F)c(C(=O)C(Br)C[C@H]2CN(C)CCO2)c(F)c1.COC=O. The zero-order valence-electron chi connectivity index (χ0n) is 15.8. The lowest BCUT2D eigenvalue weighted by Gasteiger charge is -2.31. The van der Waals surface area contributed by atoms with Crippen molar-refractivity contribution < 1.29 is 32.6 Å². The summed E-state index contributed by atoms with van der Waals surface area (Å²) < 4.78 is 37.7. The first-order chi connectivity index (χ1) is 13.2. The normalized spacial score (nSPS) is 17.7. The Labute approximate surface area is 170 Å². The zero-order chi connectivity index (χ0) is 21.3. The second kappa shape index (κ2) is 11.8. The maximum Gasteiger partial charge on any atom is 0.292 e. The number of methoxy groups -OCH3 is 1. The number of rotatable bonds is 6. The summed E-state index contributed by atoms with van der Waals surface area (Å²) in [7, 11) is 4.61. The highest BCUT2D eigenvalue weighted by atomic mass is 79.9. The lowest BCUT2D eigenvalue weighted by Crippen LogP contribution is -2.41. The summed E-state index contributed by atoms with van der Waals surface area (Å²) in [5, 5.41) is 2.28. The van der Waals surface area contributed by atoms with Gasteiger partial charge < -0.3 is 19.7 Å². The molecule has 0 aromatic heterocycles. The molecule has 2 rings (SSSR count). The first-order valence-corrected chi connectivity index (χ1v) is 9.32. The monoisotopic (exact) mass is 464 g/mol. The average Bonchev–Trinajstić information content (AvgIpc) is 2.66. The Morgan fingerprint density at radius 1 is 1.43 bits per heavy atom. The molecule has 0 aliphatic carbocycles. The Kier molecular flexibility index (Phi) is 10.2. The molecule has 0 saturated carbocycles. The van der Waals surface area contributed by atoms with E-state index in [-0.39, 0.29) is 11.7 Å². The van der Waals surface area contributed by atoms with Gasteiger partial charge in [-0.1, -0.05) is 15.9 Å². The van der Waals surface area contributed by atoms with Gasteiger partial charge in [0.25, 0.3) is 12.4 Å². The van der Waals surface area contributed by atoms with Crippen LogP contribution in [0.3, 0.4) is 0 Å². The molecule has 1 fully saturated rings. The first kappa shape index (κ1) is 24.1. The van der Waals surface area contributed by atoms with E-state index in [0.29, 0.717) is 26.0 Å². The van der Waals surface area contributed by atoms with Crippen molar-refractivity contribution in [2.24, 2.45) is 0 Å². The van der Waals surface area contributed by atoms with Crippen LogP contribution in [0.15, 0.2) is 12.1 Å². The lowest BCUT2D eigenvalue weighted by atomic mass is 10.0. The molecule has 7 nitrogen and oxygen atoms in total. The van der Waals surface area contributed by atoms with Gasteiger partial charge in [-0.3, -0.25) is 14.4 Å². The van der Waals surface area contributed by atoms with E-state index in [9.17, 15) is 18.4 Å². The fraction of sp³-hybridized carbons (Fsp3) is 0.500. The van der Waals surface area contributed by atoms with Crippen molar-refractivity contribution in [1.82, 2.24) is 10.2 Å². The minimum absolute atomic E-state index is 0.174. The third-order valence-corrected chi connectivity index (χ3v) is 4.76. The molecule has 1 unspecified atom stereocenters. The van der Waals surface area contributed by atoms with Crippen molar-refractivity contribution in [3.63, 3.8) is 0 Å². The van der Waals surface area contributed by atoms with Gasteiger partial charge in [-0.25, -0.2) is 8.78 Å². The second-order valence-electron chi connectivity index (χ2n) is 6.05. The number of morpholine rings is 1.